The molecule has 6 heteroatoms. The molecule has 0 bridgehead atoms. The molecule has 0 radical (unpaired) electrons. The lowest BCUT2D eigenvalue weighted by atomic mass is 9.97. The molecule has 0 saturated carbocycles. The zero-order chi connectivity index (χ0) is 16.3. The fraction of sp³-hybridized carbons (Fsp3) is 0.500. The van der Waals surface area contributed by atoms with Crippen molar-refractivity contribution in [3.05, 3.63) is 28.2 Å². The van der Waals surface area contributed by atoms with Crippen molar-refractivity contribution < 1.29 is 19.4 Å². The molecule has 0 aromatic heterocycles. The van der Waals surface area contributed by atoms with Crippen molar-refractivity contribution in [3.8, 4) is 5.75 Å². The van der Waals surface area contributed by atoms with Crippen LogP contribution in [0.2, 0.25) is 0 Å². The van der Waals surface area contributed by atoms with Crippen LogP contribution in [0, 0.1) is 5.92 Å². The smallest absolute Gasteiger partial charge is 0.308 e. The van der Waals surface area contributed by atoms with Gasteiger partial charge < -0.3 is 14.7 Å². The standard InChI is InChI=1S/C16H20BrNO4/c1-10(2)22-14-8-12(17)5-6-13(14)15(19)18-7-3-4-11(9-18)16(20)21/h5-6,8,10-11H,3-4,7,9H2,1-2H3,(H,20,21)/t11-/m0/s1. The summed E-state index contributed by atoms with van der Waals surface area (Å²) in [5, 5.41) is 9.15. The summed E-state index contributed by atoms with van der Waals surface area (Å²) >= 11 is 3.38. The van der Waals surface area contributed by atoms with Gasteiger partial charge in [-0.1, -0.05) is 15.9 Å². The first-order valence-corrected chi connectivity index (χ1v) is 8.16. The van der Waals surface area contributed by atoms with E-state index >= 15 is 0 Å². The van der Waals surface area contributed by atoms with Gasteiger partial charge in [0.05, 0.1) is 17.6 Å². The third kappa shape index (κ3) is 4.00. The molecule has 1 amide bonds. The summed E-state index contributed by atoms with van der Waals surface area (Å²) < 4.78 is 6.55. The number of carboxylic acid groups (broad SMARTS) is 1. The minimum atomic E-state index is -0.841. The van der Waals surface area contributed by atoms with E-state index in [1.165, 1.54) is 0 Å². The molecular formula is C16H20BrNO4. The average Bonchev–Trinajstić information content (AvgIpc) is 2.46. The summed E-state index contributed by atoms with van der Waals surface area (Å²) in [6, 6.07) is 5.28. The number of carbonyl (C=O) groups is 2. The number of carbonyl (C=O) groups excluding carboxylic acids is 1. The number of aliphatic carboxylic acids is 1. The molecule has 1 aliphatic heterocycles. The molecule has 0 spiro atoms. The lowest BCUT2D eigenvalue weighted by molar-refractivity contribution is -0.143. The molecule has 1 atom stereocenters. The highest BCUT2D eigenvalue weighted by molar-refractivity contribution is 9.10. The zero-order valence-electron chi connectivity index (χ0n) is 12.7. The lowest BCUT2D eigenvalue weighted by Crippen LogP contribution is -2.42. The number of carboxylic acids is 1. The number of ether oxygens (including phenoxy) is 1. The van der Waals surface area contributed by atoms with Gasteiger partial charge in [0.2, 0.25) is 0 Å². The maximum Gasteiger partial charge on any atom is 0.308 e. The minimum absolute atomic E-state index is 0.0472. The highest BCUT2D eigenvalue weighted by atomic mass is 79.9. The number of hydrogen-bond donors (Lipinski definition) is 1. The summed E-state index contributed by atoms with van der Waals surface area (Å²) in [6.07, 6.45) is 1.28. The van der Waals surface area contributed by atoms with Crippen molar-refractivity contribution in [2.24, 2.45) is 5.92 Å². The van der Waals surface area contributed by atoms with E-state index in [-0.39, 0.29) is 18.6 Å². The fourth-order valence-electron chi connectivity index (χ4n) is 2.56. The highest BCUT2D eigenvalue weighted by Crippen LogP contribution is 2.28. The highest BCUT2D eigenvalue weighted by Gasteiger charge is 2.30. The number of halogens is 1. The van der Waals surface area contributed by atoms with Gasteiger partial charge in [-0.05, 0) is 44.9 Å². The molecule has 1 fully saturated rings. The Balaban J connectivity index is 2.23. The van der Waals surface area contributed by atoms with Crippen LogP contribution in [0.15, 0.2) is 22.7 Å². The van der Waals surface area contributed by atoms with Gasteiger partial charge in [-0.15, -0.1) is 0 Å². The summed E-state index contributed by atoms with van der Waals surface area (Å²) in [5.41, 5.74) is 0.475. The number of benzene rings is 1. The van der Waals surface area contributed by atoms with Gasteiger partial charge in [-0.25, -0.2) is 0 Å². The topological polar surface area (TPSA) is 66.8 Å². The Kier molecular flexibility index (Phi) is 5.45. The second-order valence-electron chi connectivity index (χ2n) is 5.74. The van der Waals surface area contributed by atoms with Gasteiger partial charge in [0.25, 0.3) is 5.91 Å². The van der Waals surface area contributed by atoms with Crippen LogP contribution in [0.5, 0.6) is 5.75 Å². The van der Waals surface area contributed by atoms with Crippen LogP contribution in [0.25, 0.3) is 0 Å². The van der Waals surface area contributed by atoms with Crippen molar-refractivity contribution in [3.63, 3.8) is 0 Å². The summed E-state index contributed by atoms with van der Waals surface area (Å²) in [4.78, 5) is 25.5. The quantitative estimate of drug-likeness (QED) is 0.884. The number of hydrogen-bond acceptors (Lipinski definition) is 3. The molecule has 1 heterocycles. The van der Waals surface area contributed by atoms with Gasteiger partial charge in [0, 0.05) is 17.6 Å². The Bertz CT molecular complexity index is 573. The first-order valence-electron chi connectivity index (χ1n) is 7.36. The van der Waals surface area contributed by atoms with Crippen molar-refractivity contribution in [1.29, 1.82) is 0 Å². The predicted molar refractivity (Wildman–Crippen MR) is 86.2 cm³/mol. The number of rotatable bonds is 4. The second kappa shape index (κ2) is 7.13. The molecule has 0 aliphatic carbocycles. The molecule has 1 saturated heterocycles. The number of piperidine rings is 1. The maximum atomic E-state index is 12.7. The molecule has 22 heavy (non-hydrogen) atoms. The Morgan fingerprint density at radius 1 is 1.41 bits per heavy atom. The SMILES string of the molecule is CC(C)Oc1cc(Br)ccc1C(=O)N1CCC[C@H](C(=O)O)C1. The first kappa shape index (κ1) is 16.8. The van der Waals surface area contributed by atoms with Gasteiger partial charge in [-0.3, -0.25) is 9.59 Å². The van der Waals surface area contributed by atoms with Crippen LogP contribution in [0.4, 0.5) is 0 Å². The van der Waals surface area contributed by atoms with E-state index in [9.17, 15) is 9.59 Å². The van der Waals surface area contributed by atoms with Gasteiger partial charge in [-0.2, -0.15) is 0 Å². The minimum Gasteiger partial charge on any atom is -0.490 e. The fourth-order valence-corrected chi connectivity index (χ4v) is 2.90. The average molecular weight is 370 g/mol. The number of amides is 1. The van der Waals surface area contributed by atoms with Crippen molar-refractivity contribution in [2.45, 2.75) is 32.8 Å². The van der Waals surface area contributed by atoms with E-state index in [1.54, 1.807) is 23.1 Å². The van der Waals surface area contributed by atoms with Crippen molar-refractivity contribution >= 4 is 27.8 Å². The van der Waals surface area contributed by atoms with Crippen LogP contribution < -0.4 is 4.74 Å². The molecule has 1 N–H and O–H groups in total. The largest absolute Gasteiger partial charge is 0.490 e. The number of nitrogens with zero attached hydrogens (tertiary/aromatic N) is 1. The maximum absolute atomic E-state index is 12.7. The van der Waals surface area contributed by atoms with Gasteiger partial charge >= 0.3 is 5.97 Å². The molecular weight excluding hydrogens is 350 g/mol. The van der Waals surface area contributed by atoms with Gasteiger partial charge in [0.15, 0.2) is 0 Å². The molecule has 2 rings (SSSR count). The Morgan fingerprint density at radius 2 is 2.14 bits per heavy atom. The third-order valence-electron chi connectivity index (χ3n) is 3.59. The van der Waals surface area contributed by atoms with Gasteiger partial charge in [0.1, 0.15) is 5.75 Å². The Hall–Kier alpha value is -1.56. The van der Waals surface area contributed by atoms with E-state index in [0.29, 0.717) is 30.7 Å². The predicted octanol–water partition coefficient (Wildman–Crippen LogP) is 3.17. The molecule has 1 aromatic rings. The van der Waals surface area contributed by atoms with Crippen molar-refractivity contribution in [2.75, 3.05) is 13.1 Å². The zero-order valence-corrected chi connectivity index (χ0v) is 14.3. The van der Waals surface area contributed by atoms with Crippen LogP contribution >= 0.6 is 15.9 Å². The van der Waals surface area contributed by atoms with E-state index < -0.39 is 11.9 Å². The molecule has 5 nitrogen and oxygen atoms in total. The molecule has 1 aromatic carbocycles. The Labute approximate surface area is 138 Å². The van der Waals surface area contributed by atoms with Crippen LogP contribution in [0.3, 0.4) is 0 Å². The third-order valence-corrected chi connectivity index (χ3v) is 4.09. The van der Waals surface area contributed by atoms with E-state index in [0.717, 1.165) is 4.47 Å². The van der Waals surface area contributed by atoms with Crippen LogP contribution in [-0.4, -0.2) is 41.1 Å². The number of likely N-dealkylation sites (tertiary alicyclic amines) is 1. The summed E-state index contributed by atoms with van der Waals surface area (Å²) in [6.45, 7) is 4.64. The Morgan fingerprint density at radius 3 is 2.77 bits per heavy atom. The monoisotopic (exact) mass is 369 g/mol. The summed E-state index contributed by atoms with van der Waals surface area (Å²) in [5.74, 6) is -0.976. The molecule has 120 valence electrons. The second-order valence-corrected chi connectivity index (χ2v) is 6.65. The van der Waals surface area contributed by atoms with E-state index in [2.05, 4.69) is 15.9 Å². The van der Waals surface area contributed by atoms with E-state index in [1.807, 2.05) is 13.8 Å². The van der Waals surface area contributed by atoms with Crippen molar-refractivity contribution in [1.82, 2.24) is 4.90 Å². The normalized spacial score (nSPS) is 18.4. The van der Waals surface area contributed by atoms with Crippen LogP contribution in [0.1, 0.15) is 37.0 Å². The first-order chi connectivity index (χ1) is 10.4. The lowest BCUT2D eigenvalue weighted by Gasteiger charge is -2.31. The molecule has 1 aliphatic rings. The van der Waals surface area contributed by atoms with Crippen LogP contribution in [-0.2, 0) is 4.79 Å². The van der Waals surface area contributed by atoms with E-state index in [4.69, 9.17) is 9.84 Å². The summed E-state index contributed by atoms with van der Waals surface area (Å²) in [7, 11) is 0. The molecule has 0 unspecified atom stereocenters.